The number of nitriles is 1. The molecule has 2 aromatic heterocycles. The van der Waals surface area contributed by atoms with Gasteiger partial charge in [-0.1, -0.05) is 17.7 Å². The molecular weight excluding hydrogens is 402 g/mol. The van der Waals surface area contributed by atoms with Crippen LogP contribution in [0.15, 0.2) is 33.3 Å². The Labute approximate surface area is 177 Å². The third-order valence-corrected chi connectivity index (χ3v) is 5.44. The topological polar surface area (TPSA) is 110 Å². The third kappa shape index (κ3) is 4.09. The second kappa shape index (κ2) is 8.47. The van der Waals surface area contributed by atoms with Crippen molar-refractivity contribution in [3.05, 3.63) is 66.8 Å². The van der Waals surface area contributed by atoms with Crippen molar-refractivity contribution in [3.8, 4) is 17.3 Å². The van der Waals surface area contributed by atoms with E-state index in [9.17, 15) is 14.4 Å². The Morgan fingerprint density at radius 3 is 2.50 bits per heavy atom. The Morgan fingerprint density at radius 2 is 1.90 bits per heavy atom. The number of anilines is 1. The number of nitrogens with one attached hydrogen (secondary N) is 1. The van der Waals surface area contributed by atoms with Crippen LogP contribution in [0.2, 0.25) is 0 Å². The predicted molar refractivity (Wildman–Crippen MR) is 116 cm³/mol. The highest BCUT2D eigenvalue weighted by molar-refractivity contribution is 7.14. The first-order valence-electron chi connectivity index (χ1n) is 9.33. The van der Waals surface area contributed by atoms with E-state index >= 15 is 0 Å². The molecule has 1 N–H and O–H groups in total. The van der Waals surface area contributed by atoms with Gasteiger partial charge in [0.05, 0.1) is 5.69 Å². The highest BCUT2D eigenvalue weighted by atomic mass is 32.1. The van der Waals surface area contributed by atoms with E-state index in [0.29, 0.717) is 5.13 Å². The van der Waals surface area contributed by atoms with Crippen molar-refractivity contribution < 1.29 is 4.79 Å². The van der Waals surface area contributed by atoms with Crippen LogP contribution in [0.4, 0.5) is 5.13 Å². The highest BCUT2D eigenvalue weighted by Gasteiger charge is 2.16. The Hall–Kier alpha value is -3.51. The van der Waals surface area contributed by atoms with Gasteiger partial charge >= 0.3 is 5.69 Å². The highest BCUT2D eigenvalue weighted by Crippen LogP contribution is 2.31. The molecule has 2 heterocycles. The first kappa shape index (κ1) is 21.2. The summed E-state index contributed by atoms with van der Waals surface area (Å²) in [7, 11) is 0. The number of nitrogens with zero attached hydrogens (tertiary/aromatic N) is 4. The summed E-state index contributed by atoms with van der Waals surface area (Å²) in [6, 6.07) is 5.91. The lowest BCUT2D eigenvalue weighted by Gasteiger charge is -2.09. The fourth-order valence-electron chi connectivity index (χ4n) is 3.43. The molecule has 0 unspecified atom stereocenters. The van der Waals surface area contributed by atoms with Crippen LogP contribution in [0.5, 0.6) is 0 Å². The quantitative estimate of drug-likeness (QED) is 0.678. The van der Waals surface area contributed by atoms with Gasteiger partial charge in [0.25, 0.3) is 5.56 Å². The Morgan fingerprint density at radius 1 is 1.23 bits per heavy atom. The molecule has 0 bridgehead atoms. The van der Waals surface area contributed by atoms with Gasteiger partial charge in [-0.25, -0.2) is 14.3 Å². The maximum atomic E-state index is 12.5. The van der Waals surface area contributed by atoms with Crippen LogP contribution in [0.3, 0.4) is 0 Å². The van der Waals surface area contributed by atoms with Gasteiger partial charge in [0, 0.05) is 23.7 Å². The summed E-state index contributed by atoms with van der Waals surface area (Å²) < 4.78 is 1.98. The summed E-state index contributed by atoms with van der Waals surface area (Å²) in [5, 5.41) is 14.0. The van der Waals surface area contributed by atoms with Gasteiger partial charge < -0.3 is 5.32 Å². The van der Waals surface area contributed by atoms with Crippen molar-refractivity contribution in [2.24, 2.45) is 0 Å². The average molecular weight is 423 g/mol. The van der Waals surface area contributed by atoms with Crippen LogP contribution in [0.25, 0.3) is 11.3 Å². The van der Waals surface area contributed by atoms with Crippen molar-refractivity contribution >= 4 is 22.4 Å². The minimum absolute atomic E-state index is 0.189. The summed E-state index contributed by atoms with van der Waals surface area (Å²) in [4.78, 5) is 41.7. The maximum Gasteiger partial charge on any atom is 0.331 e. The van der Waals surface area contributed by atoms with Crippen LogP contribution in [0, 0.1) is 32.1 Å². The standard InChI is InChI=1S/C21H21N5O3S/c1-5-25-9-15(8-22)19(28)26(21(25)29)10-17(27)24-20-23-16(11-30-20)18-13(3)6-12(2)7-14(18)4/h6-7,9,11H,5,10H2,1-4H3,(H,23,24,27). The monoisotopic (exact) mass is 423 g/mol. The van der Waals surface area contributed by atoms with E-state index in [2.05, 4.69) is 22.4 Å². The molecule has 9 heteroatoms. The molecule has 0 saturated heterocycles. The molecular formula is C21H21N5O3S. The SMILES string of the molecule is CCn1cc(C#N)c(=O)n(CC(=O)Nc2nc(-c3c(C)cc(C)cc3C)cs2)c1=O. The maximum absolute atomic E-state index is 12.5. The van der Waals surface area contributed by atoms with Gasteiger partial charge in [-0.05, 0) is 38.8 Å². The first-order valence-corrected chi connectivity index (χ1v) is 10.2. The van der Waals surface area contributed by atoms with Crippen LogP contribution >= 0.6 is 11.3 Å². The van der Waals surface area contributed by atoms with E-state index in [-0.39, 0.29) is 12.1 Å². The summed E-state index contributed by atoms with van der Waals surface area (Å²) >= 11 is 1.26. The number of aromatic nitrogens is 3. The number of benzene rings is 1. The lowest BCUT2D eigenvalue weighted by Crippen LogP contribution is -2.43. The minimum Gasteiger partial charge on any atom is -0.300 e. The smallest absolute Gasteiger partial charge is 0.300 e. The molecule has 30 heavy (non-hydrogen) atoms. The van der Waals surface area contributed by atoms with Gasteiger partial charge in [-0.3, -0.25) is 14.2 Å². The Balaban J connectivity index is 1.85. The van der Waals surface area contributed by atoms with Gasteiger partial charge in [0.15, 0.2) is 5.13 Å². The molecule has 0 radical (unpaired) electrons. The largest absolute Gasteiger partial charge is 0.331 e. The van der Waals surface area contributed by atoms with Crippen molar-refractivity contribution in [1.29, 1.82) is 5.26 Å². The molecule has 1 aromatic carbocycles. The fraction of sp³-hybridized carbons (Fsp3) is 0.286. The van der Waals surface area contributed by atoms with E-state index in [1.807, 2.05) is 26.2 Å². The third-order valence-electron chi connectivity index (χ3n) is 4.68. The predicted octanol–water partition coefficient (Wildman–Crippen LogP) is 2.59. The fourth-order valence-corrected chi connectivity index (χ4v) is 4.15. The van der Waals surface area contributed by atoms with Crippen molar-refractivity contribution in [2.45, 2.75) is 40.8 Å². The molecule has 0 saturated carbocycles. The van der Waals surface area contributed by atoms with Gasteiger partial charge in [-0.15, -0.1) is 11.3 Å². The van der Waals surface area contributed by atoms with Gasteiger partial charge in [0.1, 0.15) is 18.2 Å². The van der Waals surface area contributed by atoms with Gasteiger partial charge in [-0.2, -0.15) is 5.26 Å². The zero-order chi connectivity index (χ0) is 22.0. The molecule has 0 aliphatic heterocycles. The summed E-state index contributed by atoms with van der Waals surface area (Å²) in [6.45, 7) is 7.56. The van der Waals surface area contributed by atoms with E-state index in [4.69, 9.17) is 5.26 Å². The number of amides is 1. The molecule has 154 valence electrons. The molecule has 0 spiro atoms. The van der Waals surface area contributed by atoms with Crippen molar-refractivity contribution in [3.63, 3.8) is 0 Å². The first-order chi connectivity index (χ1) is 14.2. The Bertz CT molecular complexity index is 1270. The van der Waals surface area contributed by atoms with Crippen LogP contribution < -0.4 is 16.6 Å². The lowest BCUT2D eigenvalue weighted by molar-refractivity contribution is -0.116. The minimum atomic E-state index is -0.784. The van der Waals surface area contributed by atoms with E-state index in [0.717, 1.165) is 27.0 Å². The Kier molecular flexibility index (Phi) is 5.99. The molecule has 0 fully saturated rings. The molecule has 3 aromatic rings. The normalized spacial score (nSPS) is 10.6. The average Bonchev–Trinajstić information content (AvgIpc) is 3.12. The number of carbonyl (C=O) groups excluding carboxylic acids is 1. The summed E-state index contributed by atoms with van der Waals surface area (Å²) in [5.74, 6) is -0.565. The number of aryl methyl sites for hydroxylation is 4. The molecule has 0 aliphatic carbocycles. The van der Waals surface area contributed by atoms with Crippen molar-refractivity contribution in [1.82, 2.24) is 14.1 Å². The zero-order valence-electron chi connectivity index (χ0n) is 17.1. The molecule has 0 atom stereocenters. The van der Waals surface area contributed by atoms with Crippen LogP contribution in [0.1, 0.15) is 29.2 Å². The molecule has 1 amide bonds. The molecule has 0 aliphatic rings. The van der Waals surface area contributed by atoms with E-state index < -0.39 is 23.7 Å². The van der Waals surface area contributed by atoms with Gasteiger partial charge in [0.2, 0.25) is 5.91 Å². The summed E-state index contributed by atoms with van der Waals surface area (Å²) in [6.07, 6.45) is 1.21. The zero-order valence-corrected chi connectivity index (χ0v) is 18.0. The van der Waals surface area contributed by atoms with E-state index in [1.165, 1.54) is 27.7 Å². The molecule has 8 nitrogen and oxygen atoms in total. The lowest BCUT2D eigenvalue weighted by atomic mass is 9.98. The van der Waals surface area contributed by atoms with E-state index in [1.54, 1.807) is 13.0 Å². The second-order valence-electron chi connectivity index (χ2n) is 6.97. The second-order valence-corrected chi connectivity index (χ2v) is 7.83. The number of hydrogen-bond donors (Lipinski definition) is 1. The molecule has 3 rings (SSSR count). The number of thiazole rings is 1. The number of rotatable bonds is 5. The number of carbonyl (C=O) groups is 1. The van der Waals surface area contributed by atoms with Crippen LogP contribution in [-0.2, 0) is 17.9 Å². The summed E-state index contributed by atoms with van der Waals surface area (Å²) in [5.41, 5.74) is 3.51. The van der Waals surface area contributed by atoms with Crippen molar-refractivity contribution in [2.75, 3.05) is 5.32 Å². The van der Waals surface area contributed by atoms with Crippen LogP contribution in [-0.4, -0.2) is 20.0 Å². The number of hydrogen-bond acceptors (Lipinski definition) is 6.